The second-order valence-electron chi connectivity index (χ2n) is 3.32. The minimum absolute atomic E-state index is 0.0537. The Kier molecular flexibility index (Phi) is 4.15. The first-order valence-corrected chi connectivity index (χ1v) is 5.83. The number of aromatic hydroxyl groups is 1. The van der Waals surface area contributed by atoms with Crippen molar-refractivity contribution in [1.82, 2.24) is 0 Å². The molecular formula is C11H13FO2S. The first-order chi connectivity index (χ1) is 7.11. The van der Waals surface area contributed by atoms with Gasteiger partial charge >= 0.3 is 0 Å². The van der Waals surface area contributed by atoms with Crippen LogP contribution in [-0.4, -0.2) is 17.6 Å². The van der Waals surface area contributed by atoms with Gasteiger partial charge in [0.05, 0.1) is 4.90 Å². The van der Waals surface area contributed by atoms with Crippen molar-refractivity contribution in [2.75, 3.05) is 6.26 Å². The van der Waals surface area contributed by atoms with Crippen LogP contribution < -0.4 is 0 Å². The van der Waals surface area contributed by atoms with Crippen molar-refractivity contribution in [2.24, 2.45) is 0 Å². The van der Waals surface area contributed by atoms with E-state index in [4.69, 9.17) is 0 Å². The van der Waals surface area contributed by atoms with E-state index in [1.54, 1.807) is 13.2 Å². The second-order valence-corrected chi connectivity index (χ2v) is 4.14. The lowest BCUT2D eigenvalue weighted by atomic mass is 9.98. The molecule has 0 aliphatic heterocycles. The fraction of sp³-hybridized carbons (Fsp3) is 0.364. The van der Waals surface area contributed by atoms with Crippen LogP contribution >= 0.6 is 11.8 Å². The van der Waals surface area contributed by atoms with Crippen LogP contribution in [0.2, 0.25) is 0 Å². The van der Waals surface area contributed by atoms with E-state index in [2.05, 4.69) is 0 Å². The van der Waals surface area contributed by atoms with Gasteiger partial charge in [0.25, 0.3) is 0 Å². The summed E-state index contributed by atoms with van der Waals surface area (Å²) in [6.07, 6.45) is 2.76. The Balaban J connectivity index is 3.14. The fourth-order valence-electron chi connectivity index (χ4n) is 1.41. The Bertz CT molecular complexity index is 366. The monoisotopic (exact) mass is 228 g/mol. The molecule has 4 heteroatoms. The lowest BCUT2D eigenvalue weighted by Crippen LogP contribution is -1.99. The summed E-state index contributed by atoms with van der Waals surface area (Å²) in [7, 11) is 0. The van der Waals surface area contributed by atoms with Crippen LogP contribution in [0.5, 0.6) is 5.75 Å². The Hall–Kier alpha value is -1.03. The van der Waals surface area contributed by atoms with Crippen LogP contribution in [0, 0.1) is 5.82 Å². The highest BCUT2D eigenvalue weighted by molar-refractivity contribution is 7.98. The number of thioether (sulfide) groups is 1. The Labute approximate surface area is 92.5 Å². The quantitative estimate of drug-likeness (QED) is 0.636. The molecule has 1 unspecified atom stereocenters. The van der Waals surface area contributed by atoms with Gasteiger partial charge in [-0.1, -0.05) is 13.0 Å². The third kappa shape index (κ3) is 2.50. The molecule has 82 valence electrons. The van der Waals surface area contributed by atoms with Crippen molar-refractivity contribution >= 4 is 18.0 Å². The number of carbonyl (C=O) groups excluding carboxylic acids is 1. The van der Waals surface area contributed by atoms with Crippen LogP contribution in [0.3, 0.4) is 0 Å². The van der Waals surface area contributed by atoms with E-state index in [9.17, 15) is 14.3 Å². The maximum atomic E-state index is 13.8. The van der Waals surface area contributed by atoms with E-state index in [-0.39, 0.29) is 23.0 Å². The summed E-state index contributed by atoms with van der Waals surface area (Å²) in [6.45, 7) is 1.79. The van der Waals surface area contributed by atoms with Crippen molar-refractivity contribution in [3.05, 3.63) is 23.5 Å². The molecule has 0 amide bonds. The largest absolute Gasteiger partial charge is 0.507 e. The topological polar surface area (TPSA) is 37.3 Å². The molecule has 1 rings (SSSR count). The molecule has 1 atom stereocenters. The van der Waals surface area contributed by atoms with E-state index < -0.39 is 5.82 Å². The van der Waals surface area contributed by atoms with E-state index >= 15 is 0 Å². The van der Waals surface area contributed by atoms with E-state index in [0.717, 1.165) is 18.0 Å². The Morgan fingerprint density at radius 3 is 2.80 bits per heavy atom. The lowest BCUT2D eigenvalue weighted by Gasteiger charge is -2.12. The summed E-state index contributed by atoms with van der Waals surface area (Å²) < 4.78 is 13.8. The highest BCUT2D eigenvalue weighted by Crippen LogP contribution is 2.34. The molecule has 1 N–H and O–H groups in total. The van der Waals surface area contributed by atoms with Crippen molar-refractivity contribution in [1.29, 1.82) is 0 Å². The normalized spacial score (nSPS) is 12.5. The van der Waals surface area contributed by atoms with Crippen molar-refractivity contribution in [3.63, 3.8) is 0 Å². The molecule has 2 nitrogen and oxygen atoms in total. The molecule has 0 aromatic heterocycles. The highest BCUT2D eigenvalue weighted by Gasteiger charge is 2.16. The first kappa shape index (κ1) is 12.0. The molecule has 0 saturated carbocycles. The van der Waals surface area contributed by atoms with Gasteiger partial charge in [-0.25, -0.2) is 4.39 Å². The average molecular weight is 228 g/mol. The van der Waals surface area contributed by atoms with Crippen molar-refractivity contribution in [2.45, 2.75) is 24.2 Å². The van der Waals surface area contributed by atoms with Crippen LogP contribution in [0.1, 0.15) is 24.8 Å². The zero-order chi connectivity index (χ0) is 11.4. The maximum absolute atomic E-state index is 13.8. The van der Waals surface area contributed by atoms with E-state index in [1.165, 1.54) is 12.1 Å². The third-order valence-electron chi connectivity index (χ3n) is 2.29. The van der Waals surface area contributed by atoms with Crippen molar-refractivity contribution < 1.29 is 14.3 Å². The summed E-state index contributed by atoms with van der Waals surface area (Å²) in [5.41, 5.74) is 0.476. The molecule has 0 aliphatic rings. The number of hydrogen-bond donors (Lipinski definition) is 1. The van der Waals surface area contributed by atoms with E-state index in [1.807, 2.05) is 0 Å². The number of halogens is 1. The number of rotatable bonds is 4. The third-order valence-corrected chi connectivity index (χ3v) is 3.09. The predicted molar refractivity (Wildman–Crippen MR) is 58.9 cm³/mol. The molecule has 0 bridgehead atoms. The van der Waals surface area contributed by atoms with Gasteiger partial charge < -0.3 is 9.90 Å². The predicted octanol–water partition coefficient (Wildman–Crippen LogP) is 2.95. The molecule has 1 aromatic carbocycles. The minimum Gasteiger partial charge on any atom is -0.507 e. The first-order valence-electron chi connectivity index (χ1n) is 4.60. The number of carbonyl (C=O) groups is 1. The molecule has 0 heterocycles. The van der Waals surface area contributed by atoms with Gasteiger partial charge in [-0.15, -0.1) is 11.8 Å². The summed E-state index contributed by atoms with van der Waals surface area (Å²) in [5.74, 6) is -0.632. The van der Waals surface area contributed by atoms with E-state index in [0.29, 0.717) is 5.56 Å². The maximum Gasteiger partial charge on any atom is 0.143 e. The van der Waals surface area contributed by atoms with Gasteiger partial charge in [0.2, 0.25) is 0 Å². The van der Waals surface area contributed by atoms with Gasteiger partial charge in [0, 0.05) is 6.42 Å². The molecule has 0 saturated heterocycles. The zero-order valence-electron chi connectivity index (χ0n) is 8.66. The van der Waals surface area contributed by atoms with Crippen LogP contribution in [0.15, 0.2) is 17.0 Å². The Morgan fingerprint density at radius 2 is 2.27 bits per heavy atom. The highest BCUT2D eigenvalue weighted by atomic mass is 32.2. The van der Waals surface area contributed by atoms with Crippen LogP contribution in [-0.2, 0) is 4.79 Å². The average Bonchev–Trinajstić information content (AvgIpc) is 2.18. The number of phenolic OH excluding ortho intramolecular Hbond substituents is 1. The Morgan fingerprint density at radius 1 is 1.60 bits per heavy atom. The van der Waals surface area contributed by atoms with Gasteiger partial charge in [-0.05, 0) is 23.8 Å². The van der Waals surface area contributed by atoms with Gasteiger partial charge in [-0.3, -0.25) is 0 Å². The number of phenols is 1. The summed E-state index contributed by atoms with van der Waals surface area (Å²) >= 11 is 1.16. The van der Waals surface area contributed by atoms with Gasteiger partial charge in [0.1, 0.15) is 17.9 Å². The molecule has 1 aromatic rings. The molecule has 15 heavy (non-hydrogen) atoms. The smallest absolute Gasteiger partial charge is 0.143 e. The SMILES string of the molecule is CSc1c(O)ccc(C(C)CC=O)c1F. The minimum atomic E-state index is -0.420. The molecule has 0 radical (unpaired) electrons. The molecule has 0 spiro atoms. The van der Waals surface area contributed by atoms with Crippen LogP contribution in [0.4, 0.5) is 4.39 Å². The number of benzene rings is 1. The van der Waals surface area contributed by atoms with Gasteiger partial charge in [-0.2, -0.15) is 0 Å². The second kappa shape index (κ2) is 5.16. The lowest BCUT2D eigenvalue weighted by molar-refractivity contribution is -0.108. The van der Waals surface area contributed by atoms with Gasteiger partial charge in [0.15, 0.2) is 0 Å². The molecule has 0 fully saturated rings. The fourth-order valence-corrected chi connectivity index (χ4v) is 1.98. The summed E-state index contributed by atoms with van der Waals surface area (Å²) in [6, 6.07) is 2.99. The zero-order valence-corrected chi connectivity index (χ0v) is 9.47. The number of aldehydes is 1. The summed E-state index contributed by atoms with van der Waals surface area (Å²) in [5, 5.41) is 9.40. The molecule has 0 aliphatic carbocycles. The summed E-state index contributed by atoms with van der Waals surface area (Å²) in [4.78, 5) is 10.6. The van der Waals surface area contributed by atoms with Crippen molar-refractivity contribution in [3.8, 4) is 5.75 Å². The number of hydrogen-bond acceptors (Lipinski definition) is 3. The molecular weight excluding hydrogens is 215 g/mol. The van der Waals surface area contributed by atoms with Crippen LogP contribution in [0.25, 0.3) is 0 Å². The standard InChI is InChI=1S/C11H13FO2S/c1-7(5-6-13)8-3-4-9(14)11(15-2)10(8)12/h3-4,6-7,14H,5H2,1-2H3.